The summed E-state index contributed by atoms with van der Waals surface area (Å²) in [6.07, 6.45) is 2.23. The van der Waals surface area contributed by atoms with Crippen molar-refractivity contribution in [2.45, 2.75) is 69.6 Å². The van der Waals surface area contributed by atoms with E-state index in [9.17, 15) is 23.4 Å². The molecule has 1 aliphatic heterocycles. The van der Waals surface area contributed by atoms with Crippen molar-refractivity contribution < 1.29 is 28.2 Å². The summed E-state index contributed by atoms with van der Waals surface area (Å²) in [5, 5.41) is 19.7. The van der Waals surface area contributed by atoms with Crippen LogP contribution >= 0.6 is 0 Å². The molecule has 1 fully saturated rings. The Kier molecular flexibility index (Phi) is 7.98. The molecule has 34 heavy (non-hydrogen) atoms. The van der Waals surface area contributed by atoms with E-state index in [1.54, 1.807) is 44.9 Å². The van der Waals surface area contributed by atoms with E-state index >= 15 is 0 Å². The van der Waals surface area contributed by atoms with Crippen LogP contribution in [0.1, 0.15) is 52.5 Å². The largest absolute Gasteiger partial charge is 0.487 e. The summed E-state index contributed by atoms with van der Waals surface area (Å²) in [5.74, 6) is 6.01. The van der Waals surface area contributed by atoms with Gasteiger partial charge in [0, 0.05) is 37.5 Å². The number of aliphatic hydroxyl groups excluding tert-OH is 1. The smallest absolute Gasteiger partial charge is 0.247 e. The zero-order valence-corrected chi connectivity index (χ0v) is 21.4. The highest BCUT2D eigenvalue weighted by molar-refractivity contribution is 7.89. The molecule has 1 aromatic rings. The number of fused-ring (bicyclic) bond motifs is 1. The van der Waals surface area contributed by atoms with Crippen molar-refractivity contribution in [2.75, 3.05) is 26.7 Å². The average Bonchev–Trinajstić information content (AvgIpc) is 3.57. The van der Waals surface area contributed by atoms with Gasteiger partial charge in [-0.1, -0.05) is 18.8 Å². The van der Waals surface area contributed by atoms with Crippen LogP contribution in [0.5, 0.6) is 5.75 Å². The Morgan fingerprint density at radius 1 is 1.35 bits per heavy atom. The highest BCUT2D eigenvalue weighted by atomic mass is 32.2. The van der Waals surface area contributed by atoms with Crippen LogP contribution in [0.3, 0.4) is 0 Å². The van der Waals surface area contributed by atoms with Crippen molar-refractivity contribution in [3.05, 3.63) is 23.8 Å². The van der Waals surface area contributed by atoms with Crippen molar-refractivity contribution in [1.82, 2.24) is 9.21 Å². The lowest BCUT2D eigenvalue weighted by molar-refractivity contribution is -0.131. The van der Waals surface area contributed by atoms with Crippen molar-refractivity contribution in [3.63, 3.8) is 0 Å². The first-order valence-electron chi connectivity index (χ1n) is 11.7. The predicted molar refractivity (Wildman–Crippen MR) is 129 cm³/mol. The van der Waals surface area contributed by atoms with Gasteiger partial charge in [-0.15, -0.1) is 0 Å². The van der Waals surface area contributed by atoms with E-state index in [4.69, 9.17) is 4.74 Å². The first-order chi connectivity index (χ1) is 15.8. The Morgan fingerprint density at radius 3 is 2.62 bits per heavy atom. The van der Waals surface area contributed by atoms with E-state index in [1.807, 2.05) is 6.92 Å². The number of benzene rings is 1. The monoisotopic (exact) mass is 492 g/mol. The lowest BCUT2D eigenvalue weighted by Crippen LogP contribution is -2.50. The molecule has 8 nitrogen and oxygen atoms in total. The average molecular weight is 493 g/mol. The maximum absolute atomic E-state index is 13.5. The Morgan fingerprint density at radius 2 is 2.03 bits per heavy atom. The Bertz CT molecular complexity index is 1070. The molecule has 0 saturated heterocycles. The van der Waals surface area contributed by atoms with E-state index in [0.29, 0.717) is 24.4 Å². The van der Waals surface area contributed by atoms with Crippen LogP contribution < -0.4 is 4.74 Å². The number of ether oxygens (including phenoxy) is 1. The van der Waals surface area contributed by atoms with E-state index in [-0.39, 0.29) is 35.6 Å². The van der Waals surface area contributed by atoms with E-state index in [1.165, 1.54) is 10.4 Å². The molecule has 3 rings (SSSR count). The number of sulfonamides is 1. The summed E-state index contributed by atoms with van der Waals surface area (Å²) in [5.41, 5.74) is -0.699. The van der Waals surface area contributed by atoms with Crippen LogP contribution in [0, 0.1) is 23.7 Å². The number of hydrogen-bond donors (Lipinski definition) is 2. The summed E-state index contributed by atoms with van der Waals surface area (Å²) in [6.45, 7) is 6.83. The molecule has 1 aliphatic carbocycles. The van der Waals surface area contributed by atoms with Crippen molar-refractivity contribution >= 4 is 15.9 Å². The molecular weight excluding hydrogens is 456 g/mol. The van der Waals surface area contributed by atoms with Gasteiger partial charge < -0.3 is 19.8 Å². The molecule has 1 amide bonds. The molecule has 2 N–H and O–H groups in total. The van der Waals surface area contributed by atoms with Crippen LogP contribution in [0.2, 0.25) is 0 Å². The van der Waals surface area contributed by atoms with Crippen LogP contribution in [0.15, 0.2) is 23.1 Å². The number of rotatable bonds is 6. The number of aliphatic hydroxyl groups is 2. The summed E-state index contributed by atoms with van der Waals surface area (Å²) in [4.78, 5) is 14.3. The van der Waals surface area contributed by atoms with Gasteiger partial charge in [-0.05, 0) is 57.7 Å². The van der Waals surface area contributed by atoms with Crippen LogP contribution in [0.4, 0.5) is 0 Å². The Hall–Kier alpha value is -2.12. The molecule has 0 unspecified atom stereocenters. The molecule has 2 aliphatic rings. The predicted octanol–water partition coefficient (Wildman–Crippen LogP) is 1.84. The molecule has 188 valence electrons. The second-order valence-corrected chi connectivity index (χ2v) is 12.0. The Balaban J connectivity index is 2.00. The fraction of sp³-hybridized carbons (Fsp3) is 0.640. The molecule has 0 spiro atoms. The van der Waals surface area contributed by atoms with Gasteiger partial charge in [0.2, 0.25) is 15.9 Å². The molecule has 0 bridgehead atoms. The standard InChI is InChI=1S/C25H36N2O6S/c1-17-14-27(18(2)16-28)34(31,32)23-9-8-20(10-11-25(3,4)30)12-21(23)33-22(17)15-26(5)24(29)13-19-6-7-19/h8-9,12,17-19,22,28,30H,6-7,13-16H2,1-5H3/t17-,18-,22-/m0/s1. The van der Waals surface area contributed by atoms with Gasteiger partial charge in [0.05, 0.1) is 13.2 Å². The SMILES string of the molecule is C[C@H]1CN([C@@H](C)CO)S(=O)(=O)c2ccc(C#CC(C)(C)O)cc2O[C@H]1CN(C)C(=O)CC1CC1. The summed E-state index contributed by atoms with van der Waals surface area (Å²) in [6, 6.07) is 3.96. The van der Waals surface area contributed by atoms with Gasteiger partial charge in [0.1, 0.15) is 22.4 Å². The van der Waals surface area contributed by atoms with Gasteiger partial charge in [0.25, 0.3) is 0 Å². The van der Waals surface area contributed by atoms with E-state index in [2.05, 4.69) is 11.8 Å². The van der Waals surface area contributed by atoms with Crippen molar-refractivity contribution in [3.8, 4) is 17.6 Å². The van der Waals surface area contributed by atoms with Crippen LogP contribution in [-0.4, -0.2) is 78.2 Å². The maximum atomic E-state index is 13.5. The molecule has 1 aromatic carbocycles. The Labute approximate surface area is 202 Å². The number of likely N-dealkylation sites (N-methyl/N-ethyl adjacent to an activating group) is 1. The third kappa shape index (κ3) is 6.51. The third-order valence-electron chi connectivity index (χ3n) is 6.22. The molecular formula is C25H36N2O6S. The first-order valence-corrected chi connectivity index (χ1v) is 13.2. The van der Waals surface area contributed by atoms with E-state index in [0.717, 1.165) is 12.8 Å². The quantitative estimate of drug-likeness (QED) is 0.587. The normalized spacial score (nSPS) is 23.4. The lowest BCUT2D eigenvalue weighted by atomic mass is 10.0. The van der Waals surface area contributed by atoms with Crippen molar-refractivity contribution in [2.24, 2.45) is 11.8 Å². The van der Waals surface area contributed by atoms with Gasteiger partial charge in [-0.25, -0.2) is 8.42 Å². The minimum absolute atomic E-state index is 0.00883. The molecule has 0 aromatic heterocycles. The zero-order chi connectivity index (χ0) is 25.3. The number of carbonyl (C=O) groups is 1. The minimum Gasteiger partial charge on any atom is -0.487 e. The topological polar surface area (TPSA) is 107 Å². The summed E-state index contributed by atoms with van der Waals surface area (Å²) in [7, 11) is -2.21. The van der Waals surface area contributed by atoms with Gasteiger partial charge >= 0.3 is 0 Å². The van der Waals surface area contributed by atoms with Crippen LogP contribution in [0.25, 0.3) is 0 Å². The highest BCUT2D eigenvalue weighted by Gasteiger charge is 2.38. The van der Waals surface area contributed by atoms with Crippen molar-refractivity contribution in [1.29, 1.82) is 0 Å². The summed E-state index contributed by atoms with van der Waals surface area (Å²) < 4.78 is 34.6. The maximum Gasteiger partial charge on any atom is 0.247 e. The molecule has 1 saturated carbocycles. The second-order valence-electron chi connectivity index (χ2n) is 10.1. The molecule has 0 radical (unpaired) electrons. The fourth-order valence-corrected chi connectivity index (χ4v) is 5.67. The number of nitrogens with zero attached hydrogens (tertiary/aromatic N) is 2. The second kappa shape index (κ2) is 10.2. The molecule has 1 heterocycles. The fourth-order valence-electron chi connectivity index (χ4n) is 3.84. The molecule has 3 atom stereocenters. The summed E-state index contributed by atoms with van der Waals surface area (Å²) >= 11 is 0. The van der Waals surface area contributed by atoms with Crippen LogP contribution in [-0.2, 0) is 14.8 Å². The number of hydrogen-bond acceptors (Lipinski definition) is 6. The lowest BCUT2D eigenvalue weighted by Gasteiger charge is -2.37. The third-order valence-corrected chi connectivity index (χ3v) is 8.24. The van der Waals surface area contributed by atoms with Gasteiger partial charge in [-0.3, -0.25) is 4.79 Å². The number of amides is 1. The first kappa shape index (κ1) is 26.5. The van der Waals surface area contributed by atoms with Gasteiger partial charge in [0.15, 0.2) is 0 Å². The minimum atomic E-state index is -3.95. The van der Waals surface area contributed by atoms with Gasteiger partial charge in [-0.2, -0.15) is 4.31 Å². The number of carbonyl (C=O) groups excluding carboxylic acids is 1. The zero-order valence-electron chi connectivity index (χ0n) is 20.6. The highest BCUT2D eigenvalue weighted by Crippen LogP contribution is 2.35. The van der Waals surface area contributed by atoms with E-state index < -0.39 is 27.8 Å². The molecule has 9 heteroatoms.